The summed E-state index contributed by atoms with van der Waals surface area (Å²) < 4.78 is 0. The molecule has 1 aromatic heterocycles. The van der Waals surface area contributed by atoms with Crippen molar-refractivity contribution in [2.24, 2.45) is 0 Å². The molecule has 0 fully saturated rings. The Morgan fingerprint density at radius 3 is 2.42 bits per heavy atom. The summed E-state index contributed by atoms with van der Waals surface area (Å²) in [6.45, 7) is 6.87. The highest BCUT2D eigenvalue weighted by Crippen LogP contribution is 2.21. The van der Waals surface area contributed by atoms with E-state index in [1.165, 1.54) is 16.7 Å². The Labute approximate surface area is 143 Å². The van der Waals surface area contributed by atoms with E-state index >= 15 is 0 Å². The summed E-state index contributed by atoms with van der Waals surface area (Å²) in [5.74, 6) is 1.43. The summed E-state index contributed by atoms with van der Waals surface area (Å²) in [5, 5.41) is 6.68. The van der Waals surface area contributed by atoms with Crippen LogP contribution in [0.2, 0.25) is 0 Å². The van der Waals surface area contributed by atoms with Gasteiger partial charge in [0.25, 0.3) is 0 Å². The van der Waals surface area contributed by atoms with Gasteiger partial charge >= 0.3 is 0 Å². The number of aromatic nitrogens is 2. The second kappa shape index (κ2) is 7.13. The molecule has 0 aliphatic heterocycles. The van der Waals surface area contributed by atoms with Crippen molar-refractivity contribution in [1.82, 2.24) is 9.97 Å². The molecule has 24 heavy (non-hydrogen) atoms. The highest BCUT2D eigenvalue weighted by molar-refractivity contribution is 5.61. The molecular weight excluding hydrogens is 296 g/mol. The third-order valence-corrected chi connectivity index (χ3v) is 3.79. The highest BCUT2D eigenvalue weighted by atomic mass is 15.1. The predicted octanol–water partition coefficient (Wildman–Crippen LogP) is 4.76. The summed E-state index contributed by atoms with van der Waals surface area (Å²) in [4.78, 5) is 9.04. The van der Waals surface area contributed by atoms with Crippen LogP contribution in [0.5, 0.6) is 0 Å². The predicted molar refractivity (Wildman–Crippen MR) is 99.7 cm³/mol. The summed E-state index contributed by atoms with van der Waals surface area (Å²) in [6, 6.07) is 18.5. The van der Waals surface area contributed by atoms with Crippen molar-refractivity contribution < 1.29 is 0 Å². The number of nitrogens with zero attached hydrogens (tertiary/aromatic N) is 2. The maximum Gasteiger partial charge on any atom is 0.225 e. The molecule has 0 aliphatic carbocycles. The van der Waals surface area contributed by atoms with E-state index in [-0.39, 0.29) is 0 Å². The molecule has 0 saturated carbocycles. The van der Waals surface area contributed by atoms with Gasteiger partial charge in [0.05, 0.1) is 0 Å². The molecule has 0 spiro atoms. The Bertz CT molecular complexity index is 828. The van der Waals surface area contributed by atoms with Gasteiger partial charge in [0.15, 0.2) is 0 Å². The van der Waals surface area contributed by atoms with E-state index in [0.717, 1.165) is 17.2 Å². The first-order chi connectivity index (χ1) is 11.6. The average Bonchev–Trinajstić information content (AvgIpc) is 2.56. The van der Waals surface area contributed by atoms with Crippen LogP contribution >= 0.6 is 0 Å². The van der Waals surface area contributed by atoms with Crippen LogP contribution in [0.25, 0.3) is 0 Å². The molecule has 3 aromatic rings. The molecule has 0 unspecified atom stereocenters. The van der Waals surface area contributed by atoms with Crippen molar-refractivity contribution >= 4 is 17.5 Å². The van der Waals surface area contributed by atoms with E-state index in [0.29, 0.717) is 12.5 Å². The van der Waals surface area contributed by atoms with Crippen LogP contribution < -0.4 is 10.6 Å². The second-order valence-corrected chi connectivity index (χ2v) is 6.00. The molecule has 1 heterocycles. The van der Waals surface area contributed by atoms with Crippen LogP contribution in [0.1, 0.15) is 22.4 Å². The minimum absolute atomic E-state index is 0.631. The van der Waals surface area contributed by atoms with E-state index in [1.807, 2.05) is 31.2 Å². The zero-order chi connectivity index (χ0) is 16.9. The van der Waals surface area contributed by atoms with Crippen LogP contribution in [-0.2, 0) is 6.54 Å². The van der Waals surface area contributed by atoms with Crippen LogP contribution in [0.4, 0.5) is 17.5 Å². The van der Waals surface area contributed by atoms with E-state index in [4.69, 9.17) is 0 Å². The Balaban J connectivity index is 1.76. The quantitative estimate of drug-likeness (QED) is 0.712. The molecule has 4 heteroatoms. The standard InChI is InChI=1S/C20H22N4/c1-14-9-10-18(15(2)11-14)23-19-12-16(3)22-20(24-19)21-13-17-7-5-4-6-8-17/h4-12H,13H2,1-3H3,(H2,21,22,23,24). The van der Waals surface area contributed by atoms with Crippen LogP contribution in [0.15, 0.2) is 54.6 Å². The van der Waals surface area contributed by atoms with Crippen molar-refractivity contribution in [3.05, 3.63) is 77.0 Å². The van der Waals surface area contributed by atoms with E-state index in [1.54, 1.807) is 0 Å². The third kappa shape index (κ3) is 4.10. The van der Waals surface area contributed by atoms with Crippen LogP contribution in [-0.4, -0.2) is 9.97 Å². The molecule has 2 aromatic carbocycles. The Hall–Kier alpha value is -2.88. The molecule has 0 aliphatic rings. The monoisotopic (exact) mass is 318 g/mol. The number of benzene rings is 2. The number of rotatable bonds is 5. The number of hydrogen-bond donors (Lipinski definition) is 2. The van der Waals surface area contributed by atoms with E-state index in [9.17, 15) is 0 Å². The second-order valence-electron chi connectivity index (χ2n) is 6.00. The first-order valence-electron chi connectivity index (χ1n) is 8.08. The van der Waals surface area contributed by atoms with Gasteiger partial charge in [-0.2, -0.15) is 4.98 Å². The lowest BCUT2D eigenvalue weighted by Crippen LogP contribution is -2.06. The minimum atomic E-state index is 0.631. The first-order valence-corrected chi connectivity index (χ1v) is 8.08. The fourth-order valence-corrected chi connectivity index (χ4v) is 2.58. The van der Waals surface area contributed by atoms with Gasteiger partial charge in [0, 0.05) is 24.0 Å². The van der Waals surface area contributed by atoms with E-state index < -0.39 is 0 Å². The van der Waals surface area contributed by atoms with Gasteiger partial charge in [-0.3, -0.25) is 0 Å². The van der Waals surface area contributed by atoms with Crippen molar-refractivity contribution in [1.29, 1.82) is 0 Å². The molecule has 0 saturated heterocycles. The van der Waals surface area contributed by atoms with E-state index in [2.05, 4.69) is 64.8 Å². The summed E-state index contributed by atoms with van der Waals surface area (Å²) >= 11 is 0. The van der Waals surface area contributed by atoms with Crippen molar-refractivity contribution in [2.45, 2.75) is 27.3 Å². The van der Waals surface area contributed by atoms with Gasteiger partial charge in [-0.1, -0.05) is 48.0 Å². The van der Waals surface area contributed by atoms with Gasteiger partial charge in [0.2, 0.25) is 5.95 Å². The van der Waals surface area contributed by atoms with Gasteiger partial charge in [0.1, 0.15) is 5.82 Å². The molecule has 0 bridgehead atoms. The zero-order valence-electron chi connectivity index (χ0n) is 14.3. The van der Waals surface area contributed by atoms with Gasteiger partial charge in [-0.05, 0) is 38.0 Å². The molecule has 0 amide bonds. The van der Waals surface area contributed by atoms with Gasteiger partial charge < -0.3 is 10.6 Å². The Kier molecular flexibility index (Phi) is 4.75. The fourth-order valence-electron chi connectivity index (χ4n) is 2.58. The van der Waals surface area contributed by atoms with Crippen molar-refractivity contribution in [3.63, 3.8) is 0 Å². The zero-order valence-corrected chi connectivity index (χ0v) is 14.3. The molecule has 0 atom stereocenters. The van der Waals surface area contributed by atoms with Crippen molar-refractivity contribution in [2.75, 3.05) is 10.6 Å². The Morgan fingerprint density at radius 1 is 0.875 bits per heavy atom. The summed E-state index contributed by atoms with van der Waals surface area (Å²) in [5.41, 5.74) is 5.64. The summed E-state index contributed by atoms with van der Waals surface area (Å²) in [7, 11) is 0. The van der Waals surface area contributed by atoms with Crippen LogP contribution in [0, 0.1) is 20.8 Å². The topological polar surface area (TPSA) is 49.8 Å². The maximum atomic E-state index is 4.57. The largest absolute Gasteiger partial charge is 0.350 e. The fraction of sp³-hybridized carbons (Fsp3) is 0.200. The molecule has 0 radical (unpaired) electrons. The average molecular weight is 318 g/mol. The maximum absolute atomic E-state index is 4.57. The van der Waals surface area contributed by atoms with Gasteiger partial charge in [-0.15, -0.1) is 0 Å². The number of aryl methyl sites for hydroxylation is 3. The lowest BCUT2D eigenvalue weighted by molar-refractivity contribution is 1.03. The number of nitrogens with one attached hydrogen (secondary N) is 2. The molecule has 122 valence electrons. The minimum Gasteiger partial charge on any atom is -0.350 e. The Morgan fingerprint density at radius 2 is 1.67 bits per heavy atom. The third-order valence-electron chi connectivity index (χ3n) is 3.79. The molecular formula is C20H22N4. The normalized spacial score (nSPS) is 10.5. The number of hydrogen-bond acceptors (Lipinski definition) is 4. The molecule has 2 N–H and O–H groups in total. The first kappa shape index (κ1) is 16.0. The lowest BCUT2D eigenvalue weighted by Gasteiger charge is -2.12. The summed E-state index contributed by atoms with van der Waals surface area (Å²) in [6.07, 6.45) is 0. The molecule has 3 rings (SSSR count). The SMILES string of the molecule is Cc1ccc(Nc2cc(C)nc(NCc3ccccc3)n2)c(C)c1. The van der Waals surface area contributed by atoms with Gasteiger partial charge in [-0.25, -0.2) is 4.98 Å². The van der Waals surface area contributed by atoms with Crippen molar-refractivity contribution in [3.8, 4) is 0 Å². The highest BCUT2D eigenvalue weighted by Gasteiger charge is 2.05. The van der Waals surface area contributed by atoms with Crippen LogP contribution in [0.3, 0.4) is 0 Å². The smallest absolute Gasteiger partial charge is 0.225 e. The number of anilines is 3. The lowest BCUT2D eigenvalue weighted by atomic mass is 10.1. The molecule has 4 nitrogen and oxygen atoms in total.